The van der Waals surface area contributed by atoms with Gasteiger partial charge in [0.2, 0.25) is 0 Å². The van der Waals surface area contributed by atoms with E-state index in [0.717, 1.165) is 37.8 Å². The first-order chi connectivity index (χ1) is 12.9. The smallest absolute Gasteiger partial charge is 0.253 e. The van der Waals surface area contributed by atoms with Crippen LogP contribution in [0.2, 0.25) is 5.02 Å². The molecule has 0 saturated heterocycles. The van der Waals surface area contributed by atoms with Gasteiger partial charge in [-0.1, -0.05) is 23.2 Å². The molecule has 2 N–H and O–H groups in total. The molecule has 1 aromatic carbocycles. The first-order valence-corrected chi connectivity index (χ1v) is 9.73. The van der Waals surface area contributed by atoms with Crippen molar-refractivity contribution in [1.82, 2.24) is 10.3 Å². The lowest BCUT2D eigenvalue weighted by Crippen LogP contribution is -2.38. The SMILES string of the molecule is Cc1ccc(Cl)c(C(=O)NC2CCC(CNc3cc(C)c(F)cn3)CC2)c1. The van der Waals surface area contributed by atoms with Gasteiger partial charge in [-0.25, -0.2) is 9.37 Å². The molecule has 0 radical (unpaired) electrons. The highest BCUT2D eigenvalue weighted by atomic mass is 35.5. The van der Waals surface area contributed by atoms with E-state index in [1.807, 2.05) is 19.1 Å². The van der Waals surface area contributed by atoms with Crippen LogP contribution in [0.3, 0.4) is 0 Å². The molecule has 0 aliphatic heterocycles. The number of hydrogen-bond acceptors (Lipinski definition) is 3. The molecule has 1 fully saturated rings. The minimum atomic E-state index is -0.287. The molecule has 1 aromatic heterocycles. The molecule has 0 bridgehead atoms. The van der Waals surface area contributed by atoms with Gasteiger partial charge in [0.1, 0.15) is 11.6 Å². The topological polar surface area (TPSA) is 54.0 Å². The van der Waals surface area contributed by atoms with Crippen LogP contribution in [-0.4, -0.2) is 23.5 Å². The molecule has 3 rings (SSSR count). The zero-order valence-corrected chi connectivity index (χ0v) is 16.4. The molecule has 1 aliphatic carbocycles. The summed E-state index contributed by atoms with van der Waals surface area (Å²) in [5.41, 5.74) is 2.15. The molecule has 0 spiro atoms. The van der Waals surface area contributed by atoms with E-state index >= 15 is 0 Å². The fourth-order valence-electron chi connectivity index (χ4n) is 3.47. The Kier molecular flexibility index (Phi) is 6.32. The second-order valence-electron chi connectivity index (χ2n) is 7.37. The molecule has 1 aliphatic rings. The number of carbonyl (C=O) groups is 1. The third-order valence-electron chi connectivity index (χ3n) is 5.17. The number of hydrogen-bond donors (Lipinski definition) is 2. The maximum atomic E-state index is 13.3. The number of nitrogens with one attached hydrogen (secondary N) is 2. The van der Waals surface area contributed by atoms with Crippen molar-refractivity contribution in [1.29, 1.82) is 0 Å². The Morgan fingerprint density at radius 1 is 1.22 bits per heavy atom. The molecular formula is C21H25ClFN3O. The second-order valence-corrected chi connectivity index (χ2v) is 7.78. The average Bonchev–Trinajstić information content (AvgIpc) is 2.65. The number of halogens is 2. The summed E-state index contributed by atoms with van der Waals surface area (Å²) in [6.45, 7) is 4.49. The van der Waals surface area contributed by atoms with E-state index < -0.39 is 0 Å². The van der Waals surface area contributed by atoms with E-state index in [0.29, 0.717) is 27.9 Å². The van der Waals surface area contributed by atoms with Gasteiger partial charge in [-0.15, -0.1) is 0 Å². The standard InChI is InChI=1S/C21H25ClFN3O/c1-13-3-8-18(22)17(9-13)21(27)26-16-6-4-15(5-7-16)11-24-20-10-14(2)19(23)12-25-20/h3,8-10,12,15-16H,4-7,11H2,1-2H3,(H,24,25)(H,26,27). The lowest BCUT2D eigenvalue weighted by atomic mass is 9.86. The number of benzene rings is 1. The van der Waals surface area contributed by atoms with Gasteiger partial charge >= 0.3 is 0 Å². The quantitative estimate of drug-likeness (QED) is 0.765. The van der Waals surface area contributed by atoms with Gasteiger partial charge in [-0.2, -0.15) is 0 Å². The van der Waals surface area contributed by atoms with Crippen LogP contribution in [0, 0.1) is 25.6 Å². The van der Waals surface area contributed by atoms with E-state index in [1.165, 1.54) is 6.20 Å². The van der Waals surface area contributed by atoms with E-state index in [1.54, 1.807) is 19.1 Å². The van der Waals surface area contributed by atoms with Gasteiger partial charge in [0.15, 0.2) is 0 Å². The number of aryl methyl sites for hydroxylation is 2. The van der Waals surface area contributed by atoms with Gasteiger partial charge in [-0.3, -0.25) is 4.79 Å². The van der Waals surface area contributed by atoms with Crippen LogP contribution >= 0.6 is 11.6 Å². The lowest BCUT2D eigenvalue weighted by Gasteiger charge is -2.29. The van der Waals surface area contributed by atoms with Crippen LogP contribution in [0.15, 0.2) is 30.5 Å². The number of rotatable bonds is 5. The molecular weight excluding hydrogens is 365 g/mol. The minimum Gasteiger partial charge on any atom is -0.370 e. The Morgan fingerprint density at radius 3 is 2.67 bits per heavy atom. The lowest BCUT2D eigenvalue weighted by molar-refractivity contribution is 0.0923. The number of anilines is 1. The Hall–Kier alpha value is -2.14. The summed E-state index contributed by atoms with van der Waals surface area (Å²) in [6, 6.07) is 7.39. The average molecular weight is 390 g/mol. The van der Waals surface area contributed by atoms with Gasteiger partial charge in [0.25, 0.3) is 5.91 Å². The third-order valence-corrected chi connectivity index (χ3v) is 5.50. The van der Waals surface area contributed by atoms with Crippen molar-refractivity contribution in [2.24, 2.45) is 5.92 Å². The van der Waals surface area contributed by atoms with Crippen LogP contribution in [0.1, 0.15) is 47.2 Å². The fraction of sp³-hybridized carbons (Fsp3) is 0.429. The van der Waals surface area contributed by atoms with Gasteiger partial charge in [0.05, 0.1) is 16.8 Å². The van der Waals surface area contributed by atoms with Gasteiger partial charge in [-0.05, 0) is 69.2 Å². The van der Waals surface area contributed by atoms with Crippen LogP contribution in [0.4, 0.5) is 10.2 Å². The van der Waals surface area contributed by atoms with Gasteiger partial charge in [0, 0.05) is 12.6 Å². The Morgan fingerprint density at radius 2 is 1.96 bits per heavy atom. The van der Waals surface area contributed by atoms with E-state index in [-0.39, 0.29) is 17.8 Å². The molecule has 0 atom stereocenters. The number of pyridine rings is 1. The Bertz CT molecular complexity index is 819. The first-order valence-electron chi connectivity index (χ1n) is 9.35. The molecule has 4 nitrogen and oxygen atoms in total. The summed E-state index contributed by atoms with van der Waals surface area (Å²) in [7, 11) is 0. The number of aromatic nitrogens is 1. The second kappa shape index (κ2) is 8.70. The summed E-state index contributed by atoms with van der Waals surface area (Å²) in [5.74, 6) is 0.841. The highest BCUT2D eigenvalue weighted by Crippen LogP contribution is 2.26. The van der Waals surface area contributed by atoms with Crippen LogP contribution in [0.25, 0.3) is 0 Å². The number of amides is 1. The van der Waals surface area contributed by atoms with Crippen molar-refractivity contribution in [2.75, 3.05) is 11.9 Å². The molecule has 6 heteroatoms. The predicted molar refractivity (Wildman–Crippen MR) is 107 cm³/mol. The molecule has 1 heterocycles. The summed E-state index contributed by atoms with van der Waals surface area (Å²) < 4.78 is 13.3. The van der Waals surface area contributed by atoms with E-state index in [4.69, 9.17) is 11.6 Å². The molecule has 144 valence electrons. The van der Waals surface area contributed by atoms with Crippen molar-refractivity contribution in [3.8, 4) is 0 Å². The first kappa shape index (κ1) is 19.6. The molecule has 2 aromatic rings. The summed E-state index contributed by atoms with van der Waals surface area (Å²) in [5, 5.41) is 6.89. The molecule has 27 heavy (non-hydrogen) atoms. The minimum absolute atomic E-state index is 0.101. The zero-order valence-electron chi connectivity index (χ0n) is 15.7. The third kappa shape index (κ3) is 5.19. The monoisotopic (exact) mass is 389 g/mol. The largest absolute Gasteiger partial charge is 0.370 e. The summed E-state index contributed by atoms with van der Waals surface area (Å²) >= 11 is 6.15. The zero-order chi connectivity index (χ0) is 19.4. The van der Waals surface area contributed by atoms with Crippen molar-refractivity contribution < 1.29 is 9.18 Å². The highest BCUT2D eigenvalue weighted by molar-refractivity contribution is 6.33. The number of carbonyl (C=O) groups excluding carboxylic acids is 1. The van der Waals surface area contributed by atoms with Crippen LogP contribution < -0.4 is 10.6 Å². The van der Waals surface area contributed by atoms with Crippen molar-refractivity contribution in [2.45, 2.75) is 45.6 Å². The van der Waals surface area contributed by atoms with Crippen molar-refractivity contribution in [3.63, 3.8) is 0 Å². The highest BCUT2D eigenvalue weighted by Gasteiger charge is 2.23. The van der Waals surface area contributed by atoms with Crippen LogP contribution in [0.5, 0.6) is 0 Å². The van der Waals surface area contributed by atoms with E-state index in [2.05, 4.69) is 15.6 Å². The normalized spacial score (nSPS) is 19.6. The van der Waals surface area contributed by atoms with Crippen molar-refractivity contribution in [3.05, 3.63) is 58.0 Å². The maximum Gasteiger partial charge on any atom is 0.253 e. The Balaban J connectivity index is 1.46. The number of nitrogens with zero attached hydrogens (tertiary/aromatic N) is 1. The summed E-state index contributed by atoms with van der Waals surface area (Å²) in [6.07, 6.45) is 5.19. The van der Waals surface area contributed by atoms with E-state index in [9.17, 15) is 9.18 Å². The molecule has 0 unspecified atom stereocenters. The Labute approximate surface area is 164 Å². The van der Waals surface area contributed by atoms with Gasteiger partial charge < -0.3 is 10.6 Å². The van der Waals surface area contributed by atoms with Crippen molar-refractivity contribution >= 4 is 23.3 Å². The van der Waals surface area contributed by atoms with Crippen LogP contribution in [-0.2, 0) is 0 Å². The maximum absolute atomic E-state index is 13.3. The molecule has 1 amide bonds. The fourth-order valence-corrected chi connectivity index (χ4v) is 3.68. The summed E-state index contributed by atoms with van der Waals surface area (Å²) in [4.78, 5) is 16.6. The predicted octanol–water partition coefficient (Wildman–Crippen LogP) is 4.89. The molecule has 1 saturated carbocycles.